The van der Waals surface area contributed by atoms with Crippen molar-refractivity contribution in [3.05, 3.63) is 56.3 Å². The Morgan fingerprint density at radius 2 is 1.95 bits per heavy atom. The van der Waals surface area contributed by atoms with Gasteiger partial charge in [0.1, 0.15) is 0 Å². The quantitative estimate of drug-likeness (QED) is 0.944. The highest BCUT2D eigenvalue weighted by molar-refractivity contribution is 6.35. The summed E-state index contributed by atoms with van der Waals surface area (Å²) in [6.07, 6.45) is 0. The molecule has 2 rings (SSSR count). The van der Waals surface area contributed by atoms with Crippen LogP contribution >= 0.6 is 23.2 Å². The number of benzene rings is 1. The number of rotatable bonds is 3. The topological polar surface area (TPSA) is 34.0 Å². The molecule has 100 valence electrons. The fraction of sp³-hybridized carbons (Fsp3) is 0.214. The van der Waals surface area contributed by atoms with Crippen LogP contribution in [0.15, 0.2) is 35.1 Å². The summed E-state index contributed by atoms with van der Waals surface area (Å²) in [5.41, 5.74) is 2.18. The molecule has 0 fully saturated rings. The lowest BCUT2D eigenvalue weighted by molar-refractivity contribution is 0.772. The molecule has 0 saturated carbocycles. The molecule has 0 saturated heterocycles. The molecule has 0 aliphatic rings. The molecule has 1 heterocycles. The zero-order chi connectivity index (χ0) is 14.0. The fourth-order valence-corrected chi connectivity index (χ4v) is 2.36. The normalized spacial score (nSPS) is 10.7. The molecule has 1 aromatic heterocycles. The van der Waals surface area contributed by atoms with Crippen molar-refractivity contribution >= 4 is 23.2 Å². The standard InChI is InChI=1S/C14H14Cl2N2O/c1-17-8-9-3-6-13(18(2)14(9)19)11-7-10(15)4-5-12(11)16/h3-7,17H,8H2,1-2H3. The van der Waals surface area contributed by atoms with Crippen molar-refractivity contribution in [1.82, 2.24) is 9.88 Å². The summed E-state index contributed by atoms with van der Waals surface area (Å²) >= 11 is 12.2. The van der Waals surface area contributed by atoms with Crippen LogP contribution in [0.25, 0.3) is 11.3 Å². The molecule has 0 spiro atoms. The average Bonchev–Trinajstić information content (AvgIpc) is 2.39. The maximum Gasteiger partial charge on any atom is 0.255 e. The van der Waals surface area contributed by atoms with E-state index in [1.807, 2.05) is 12.1 Å². The van der Waals surface area contributed by atoms with Gasteiger partial charge in [0, 0.05) is 34.8 Å². The Hall–Kier alpha value is -1.29. The van der Waals surface area contributed by atoms with Gasteiger partial charge in [0.2, 0.25) is 0 Å². The molecule has 0 aliphatic carbocycles. The highest BCUT2D eigenvalue weighted by Gasteiger charge is 2.10. The third-order valence-corrected chi connectivity index (χ3v) is 3.52. The van der Waals surface area contributed by atoms with E-state index in [9.17, 15) is 4.79 Å². The first kappa shape index (κ1) is 14.1. The predicted octanol–water partition coefficient (Wildman–Crippen LogP) is 3.08. The van der Waals surface area contributed by atoms with Gasteiger partial charge in [-0.1, -0.05) is 29.3 Å². The minimum absolute atomic E-state index is 0.0390. The monoisotopic (exact) mass is 296 g/mol. The Kier molecular flexibility index (Phi) is 4.30. The van der Waals surface area contributed by atoms with Crippen molar-refractivity contribution in [3.63, 3.8) is 0 Å². The zero-order valence-electron chi connectivity index (χ0n) is 10.7. The van der Waals surface area contributed by atoms with Gasteiger partial charge < -0.3 is 9.88 Å². The highest BCUT2D eigenvalue weighted by Crippen LogP contribution is 2.29. The van der Waals surface area contributed by atoms with E-state index >= 15 is 0 Å². The molecular weight excluding hydrogens is 283 g/mol. The molecule has 0 unspecified atom stereocenters. The van der Waals surface area contributed by atoms with Crippen LogP contribution in [-0.2, 0) is 13.6 Å². The van der Waals surface area contributed by atoms with Gasteiger partial charge in [-0.15, -0.1) is 0 Å². The number of hydrogen-bond donors (Lipinski definition) is 1. The zero-order valence-corrected chi connectivity index (χ0v) is 12.2. The van der Waals surface area contributed by atoms with Gasteiger partial charge in [-0.3, -0.25) is 4.79 Å². The minimum Gasteiger partial charge on any atom is -0.315 e. The van der Waals surface area contributed by atoms with E-state index in [0.717, 1.165) is 11.3 Å². The van der Waals surface area contributed by atoms with E-state index < -0.39 is 0 Å². The Morgan fingerprint density at radius 3 is 2.63 bits per heavy atom. The van der Waals surface area contributed by atoms with E-state index in [0.29, 0.717) is 22.2 Å². The lowest BCUT2D eigenvalue weighted by Gasteiger charge is -2.12. The van der Waals surface area contributed by atoms with Crippen LogP contribution in [0, 0.1) is 0 Å². The van der Waals surface area contributed by atoms with Gasteiger partial charge in [0.05, 0.1) is 5.69 Å². The molecule has 19 heavy (non-hydrogen) atoms. The number of hydrogen-bond acceptors (Lipinski definition) is 2. The number of halogens is 2. The Labute approximate surface area is 121 Å². The summed E-state index contributed by atoms with van der Waals surface area (Å²) < 4.78 is 1.59. The van der Waals surface area contributed by atoms with Gasteiger partial charge in [0.25, 0.3) is 5.56 Å². The van der Waals surface area contributed by atoms with Gasteiger partial charge in [-0.25, -0.2) is 0 Å². The van der Waals surface area contributed by atoms with E-state index in [1.54, 1.807) is 36.9 Å². The minimum atomic E-state index is -0.0390. The van der Waals surface area contributed by atoms with Crippen LogP contribution in [0.2, 0.25) is 10.0 Å². The van der Waals surface area contributed by atoms with E-state index in [1.165, 1.54) is 0 Å². The summed E-state index contributed by atoms with van der Waals surface area (Å²) in [5, 5.41) is 4.13. The molecule has 1 N–H and O–H groups in total. The van der Waals surface area contributed by atoms with Crippen LogP contribution in [0.4, 0.5) is 0 Å². The van der Waals surface area contributed by atoms with Crippen LogP contribution < -0.4 is 10.9 Å². The molecule has 2 aromatic rings. The van der Waals surface area contributed by atoms with Gasteiger partial charge >= 0.3 is 0 Å². The number of nitrogens with zero attached hydrogens (tertiary/aromatic N) is 1. The predicted molar refractivity (Wildman–Crippen MR) is 79.9 cm³/mol. The van der Waals surface area contributed by atoms with E-state index in [-0.39, 0.29) is 5.56 Å². The third-order valence-electron chi connectivity index (χ3n) is 2.95. The molecule has 0 bridgehead atoms. The molecule has 0 amide bonds. The average molecular weight is 297 g/mol. The molecule has 3 nitrogen and oxygen atoms in total. The summed E-state index contributed by atoms with van der Waals surface area (Å²) in [7, 11) is 3.54. The van der Waals surface area contributed by atoms with Gasteiger partial charge in [-0.2, -0.15) is 0 Å². The second-order valence-corrected chi connectivity index (χ2v) is 5.11. The summed E-state index contributed by atoms with van der Waals surface area (Å²) in [4.78, 5) is 12.2. The first-order valence-electron chi connectivity index (χ1n) is 5.83. The Bertz CT molecular complexity index is 665. The first-order chi connectivity index (χ1) is 9.04. The van der Waals surface area contributed by atoms with Crippen LogP contribution in [0.1, 0.15) is 5.56 Å². The summed E-state index contributed by atoms with van der Waals surface area (Å²) in [5.74, 6) is 0. The maximum atomic E-state index is 12.2. The van der Waals surface area contributed by atoms with Gasteiger partial charge in [-0.05, 0) is 31.3 Å². The second-order valence-electron chi connectivity index (χ2n) is 4.26. The van der Waals surface area contributed by atoms with Crippen molar-refractivity contribution in [1.29, 1.82) is 0 Å². The van der Waals surface area contributed by atoms with Crippen molar-refractivity contribution < 1.29 is 0 Å². The number of aromatic nitrogens is 1. The maximum absolute atomic E-state index is 12.2. The first-order valence-corrected chi connectivity index (χ1v) is 6.59. The smallest absolute Gasteiger partial charge is 0.255 e. The largest absolute Gasteiger partial charge is 0.315 e. The third kappa shape index (κ3) is 2.84. The summed E-state index contributed by atoms with van der Waals surface area (Å²) in [6.45, 7) is 0.538. The Balaban J connectivity index is 2.61. The SMILES string of the molecule is CNCc1ccc(-c2cc(Cl)ccc2Cl)n(C)c1=O. The van der Waals surface area contributed by atoms with E-state index in [4.69, 9.17) is 23.2 Å². The molecule has 1 aromatic carbocycles. The van der Waals surface area contributed by atoms with Crippen molar-refractivity contribution in [2.24, 2.45) is 7.05 Å². The van der Waals surface area contributed by atoms with Gasteiger partial charge in [0.15, 0.2) is 0 Å². The molecular formula is C14H14Cl2N2O. The summed E-state index contributed by atoms with van der Waals surface area (Å²) in [6, 6.07) is 8.90. The molecule has 0 radical (unpaired) electrons. The van der Waals surface area contributed by atoms with E-state index in [2.05, 4.69) is 5.32 Å². The van der Waals surface area contributed by atoms with Crippen LogP contribution in [0.3, 0.4) is 0 Å². The Morgan fingerprint density at radius 1 is 1.21 bits per heavy atom. The van der Waals surface area contributed by atoms with Crippen molar-refractivity contribution in [3.8, 4) is 11.3 Å². The lowest BCUT2D eigenvalue weighted by Crippen LogP contribution is -2.25. The van der Waals surface area contributed by atoms with Crippen LogP contribution in [-0.4, -0.2) is 11.6 Å². The fourth-order valence-electron chi connectivity index (χ4n) is 1.98. The number of nitrogens with one attached hydrogen (secondary N) is 1. The van der Waals surface area contributed by atoms with Crippen LogP contribution in [0.5, 0.6) is 0 Å². The lowest BCUT2D eigenvalue weighted by atomic mass is 10.1. The van der Waals surface area contributed by atoms with Crippen molar-refractivity contribution in [2.45, 2.75) is 6.54 Å². The molecule has 0 aliphatic heterocycles. The second kappa shape index (κ2) is 5.78. The number of pyridine rings is 1. The molecule has 5 heteroatoms. The highest BCUT2D eigenvalue weighted by atomic mass is 35.5. The van der Waals surface area contributed by atoms with Crippen molar-refractivity contribution in [2.75, 3.05) is 7.05 Å². The molecule has 0 atom stereocenters.